The van der Waals surface area contributed by atoms with Crippen molar-refractivity contribution in [1.29, 1.82) is 0 Å². The van der Waals surface area contributed by atoms with Crippen molar-refractivity contribution in [2.75, 3.05) is 22.6 Å². The van der Waals surface area contributed by atoms with Crippen molar-refractivity contribution < 1.29 is 22.7 Å². The van der Waals surface area contributed by atoms with E-state index in [1.54, 1.807) is 48.5 Å². The Morgan fingerprint density at radius 2 is 1.62 bits per heavy atom. The first-order chi connectivity index (χ1) is 18.5. The summed E-state index contributed by atoms with van der Waals surface area (Å²) in [6.07, 6.45) is 2.07. The van der Waals surface area contributed by atoms with E-state index < -0.39 is 9.84 Å². The Labute approximate surface area is 230 Å². The minimum absolute atomic E-state index is 0.113. The first kappa shape index (κ1) is 26.9. The molecular formula is C31H34N2O5S. The lowest BCUT2D eigenvalue weighted by atomic mass is 9.84. The average Bonchev–Trinajstić information content (AvgIpc) is 3.71. The van der Waals surface area contributed by atoms with Crippen LogP contribution in [0.15, 0.2) is 77.7 Å². The van der Waals surface area contributed by atoms with Gasteiger partial charge in [-0.15, -0.1) is 0 Å². The molecule has 7 nitrogen and oxygen atoms in total. The molecule has 1 unspecified atom stereocenters. The van der Waals surface area contributed by atoms with Gasteiger partial charge in [0.05, 0.1) is 28.8 Å². The fraction of sp³-hybridized carbons (Fsp3) is 0.355. The molecule has 1 aliphatic carbocycles. The summed E-state index contributed by atoms with van der Waals surface area (Å²) in [6, 6.07) is 20.8. The van der Waals surface area contributed by atoms with Crippen molar-refractivity contribution in [2.24, 2.45) is 11.3 Å². The van der Waals surface area contributed by atoms with Gasteiger partial charge in [0.25, 0.3) is 5.91 Å². The van der Waals surface area contributed by atoms with Crippen LogP contribution in [0.4, 0.5) is 11.4 Å². The lowest BCUT2D eigenvalue weighted by Gasteiger charge is -2.43. The number of amides is 2. The SMILES string of the molecule is CC(C)(C)C1COc2ccccc2N1C(=O)c1ccc(NC(=O)Cc2ccc(S(=O)(=O)CC3CC3)cc2)cc1. The van der Waals surface area contributed by atoms with Gasteiger partial charge in [-0.1, -0.05) is 45.0 Å². The van der Waals surface area contributed by atoms with Crippen molar-refractivity contribution in [2.45, 2.75) is 51.0 Å². The lowest BCUT2D eigenvalue weighted by molar-refractivity contribution is -0.115. The number of carbonyl (C=O) groups excluding carboxylic acids is 2. The number of rotatable bonds is 7. The summed E-state index contributed by atoms with van der Waals surface area (Å²) in [6.45, 7) is 6.69. The van der Waals surface area contributed by atoms with Gasteiger partial charge in [0, 0.05) is 11.3 Å². The number of carbonyl (C=O) groups is 2. The highest BCUT2D eigenvalue weighted by Gasteiger charge is 2.39. The van der Waals surface area contributed by atoms with Crippen LogP contribution in [0, 0.1) is 11.3 Å². The first-order valence-corrected chi connectivity index (χ1v) is 14.9. The number of ether oxygens (including phenoxy) is 1. The average molecular weight is 547 g/mol. The molecule has 0 saturated heterocycles. The van der Waals surface area contributed by atoms with E-state index >= 15 is 0 Å². The second-order valence-electron chi connectivity index (χ2n) is 11.5. The molecule has 0 spiro atoms. The van der Waals surface area contributed by atoms with E-state index in [0.717, 1.165) is 24.1 Å². The molecule has 5 rings (SSSR count). The van der Waals surface area contributed by atoms with Crippen molar-refractivity contribution in [3.63, 3.8) is 0 Å². The number of nitrogens with one attached hydrogen (secondary N) is 1. The van der Waals surface area contributed by atoms with Crippen LogP contribution in [0.3, 0.4) is 0 Å². The fourth-order valence-corrected chi connectivity index (χ4v) is 6.51. The third kappa shape index (κ3) is 6.17. The van der Waals surface area contributed by atoms with Gasteiger partial charge >= 0.3 is 0 Å². The van der Waals surface area contributed by atoms with Gasteiger partial charge in [0.2, 0.25) is 5.91 Å². The predicted molar refractivity (Wildman–Crippen MR) is 152 cm³/mol. The molecule has 204 valence electrons. The number of para-hydroxylation sites is 2. The maximum atomic E-state index is 13.7. The summed E-state index contributed by atoms with van der Waals surface area (Å²) >= 11 is 0. The molecule has 2 amide bonds. The number of fused-ring (bicyclic) bond motifs is 1. The molecule has 0 bridgehead atoms. The second-order valence-corrected chi connectivity index (χ2v) is 13.5. The van der Waals surface area contributed by atoms with E-state index in [1.807, 2.05) is 29.2 Å². The molecule has 2 aliphatic rings. The highest BCUT2D eigenvalue weighted by Crippen LogP contribution is 2.40. The van der Waals surface area contributed by atoms with E-state index in [4.69, 9.17) is 4.74 Å². The minimum atomic E-state index is -3.28. The standard InChI is InChI=1S/C31H34N2O5S/c1-31(2,3)28-19-38-27-7-5-4-6-26(27)33(28)30(35)23-12-14-24(15-13-23)32-29(34)18-21-10-16-25(17-11-21)39(36,37)20-22-8-9-22/h4-7,10-17,22,28H,8-9,18-20H2,1-3H3,(H,32,34). The molecule has 8 heteroatoms. The van der Waals surface area contributed by atoms with Gasteiger partial charge in [0.1, 0.15) is 12.4 Å². The second kappa shape index (κ2) is 10.5. The van der Waals surface area contributed by atoms with E-state index in [2.05, 4.69) is 26.1 Å². The van der Waals surface area contributed by atoms with Gasteiger partial charge < -0.3 is 10.1 Å². The molecule has 3 aromatic carbocycles. The van der Waals surface area contributed by atoms with Crippen LogP contribution in [-0.2, 0) is 21.1 Å². The lowest BCUT2D eigenvalue weighted by Crippen LogP contribution is -2.53. The number of nitrogens with zero attached hydrogens (tertiary/aromatic N) is 1. The van der Waals surface area contributed by atoms with Crippen LogP contribution < -0.4 is 15.0 Å². The number of hydrogen-bond acceptors (Lipinski definition) is 5. The Morgan fingerprint density at radius 3 is 2.26 bits per heavy atom. The third-order valence-corrected chi connectivity index (χ3v) is 9.17. The minimum Gasteiger partial charge on any atom is -0.489 e. The van der Waals surface area contributed by atoms with Gasteiger partial charge in [-0.25, -0.2) is 8.42 Å². The zero-order chi connectivity index (χ0) is 27.8. The normalized spacial score (nSPS) is 17.2. The van der Waals surface area contributed by atoms with E-state index in [-0.39, 0.29) is 41.4 Å². The largest absolute Gasteiger partial charge is 0.489 e. The monoisotopic (exact) mass is 546 g/mol. The van der Waals surface area contributed by atoms with Crippen molar-refractivity contribution in [3.05, 3.63) is 83.9 Å². The Hall–Kier alpha value is -3.65. The Kier molecular flexibility index (Phi) is 7.25. The Balaban J connectivity index is 1.25. The van der Waals surface area contributed by atoms with E-state index in [9.17, 15) is 18.0 Å². The maximum Gasteiger partial charge on any atom is 0.258 e. The van der Waals surface area contributed by atoms with Crippen LogP contribution in [0.25, 0.3) is 0 Å². The van der Waals surface area contributed by atoms with Gasteiger partial charge in [-0.05, 0) is 78.3 Å². The highest BCUT2D eigenvalue weighted by molar-refractivity contribution is 7.91. The maximum absolute atomic E-state index is 13.7. The summed E-state index contributed by atoms with van der Waals surface area (Å²) < 4.78 is 30.9. The van der Waals surface area contributed by atoms with Crippen LogP contribution in [0.5, 0.6) is 5.75 Å². The van der Waals surface area contributed by atoms with Crippen molar-refractivity contribution in [1.82, 2.24) is 0 Å². The summed E-state index contributed by atoms with van der Waals surface area (Å²) in [5.41, 5.74) is 2.37. The molecule has 3 aromatic rings. The van der Waals surface area contributed by atoms with Crippen LogP contribution in [-0.4, -0.2) is 38.6 Å². The Morgan fingerprint density at radius 1 is 0.949 bits per heavy atom. The third-order valence-electron chi connectivity index (χ3n) is 7.27. The van der Waals surface area contributed by atoms with Crippen molar-refractivity contribution >= 4 is 33.0 Å². The molecule has 0 radical (unpaired) electrons. The molecule has 0 aromatic heterocycles. The topological polar surface area (TPSA) is 92.8 Å². The van der Waals surface area contributed by atoms with Crippen LogP contribution in [0.2, 0.25) is 0 Å². The number of anilines is 2. The molecule has 1 atom stereocenters. The summed E-state index contributed by atoms with van der Waals surface area (Å²) in [5, 5.41) is 2.86. The number of hydrogen-bond donors (Lipinski definition) is 1. The molecule has 1 saturated carbocycles. The first-order valence-electron chi connectivity index (χ1n) is 13.3. The van der Waals surface area contributed by atoms with E-state index in [0.29, 0.717) is 28.5 Å². The van der Waals surface area contributed by atoms with Gasteiger partial charge in [-0.3, -0.25) is 14.5 Å². The predicted octanol–water partition coefficient (Wildman–Crippen LogP) is 5.51. The molecule has 1 aliphatic heterocycles. The van der Waals surface area contributed by atoms with Crippen molar-refractivity contribution in [3.8, 4) is 5.75 Å². The molecule has 1 N–H and O–H groups in total. The molecular weight excluding hydrogens is 512 g/mol. The molecule has 1 heterocycles. The Bertz CT molecular complexity index is 1470. The molecule has 39 heavy (non-hydrogen) atoms. The van der Waals surface area contributed by atoms with Crippen LogP contribution >= 0.6 is 0 Å². The van der Waals surface area contributed by atoms with Crippen LogP contribution in [0.1, 0.15) is 49.5 Å². The van der Waals surface area contributed by atoms with E-state index in [1.165, 1.54) is 0 Å². The number of benzene rings is 3. The molecule has 1 fully saturated rings. The summed E-state index contributed by atoms with van der Waals surface area (Å²) in [5.74, 6) is 0.814. The van der Waals surface area contributed by atoms with Gasteiger partial charge in [0.15, 0.2) is 9.84 Å². The zero-order valence-corrected chi connectivity index (χ0v) is 23.3. The summed E-state index contributed by atoms with van der Waals surface area (Å²) in [4.78, 5) is 28.5. The smallest absolute Gasteiger partial charge is 0.258 e. The zero-order valence-electron chi connectivity index (χ0n) is 22.5. The number of sulfone groups is 1. The summed E-state index contributed by atoms with van der Waals surface area (Å²) in [7, 11) is -3.28. The van der Waals surface area contributed by atoms with Gasteiger partial charge in [-0.2, -0.15) is 0 Å². The highest BCUT2D eigenvalue weighted by atomic mass is 32.2. The fourth-order valence-electron chi connectivity index (χ4n) is 4.81. The quantitative estimate of drug-likeness (QED) is 0.422.